The molecule has 0 fully saturated rings. The largest absolute Gasteiger partial charge is 0.489 e. The van der Waals surface area contributed by atoms with E-state index in [1.807, 2.05) is 36.4 Å². The molecule has 0 unspecified atom stereocenters. The summed E-state index contributed by atoms with van der Waals surface area (Å²) in [5.41, 5.74) is 4.43. The molecule has 3 aromatic rings. The average Bonchev–Trinajstić information content (AvgIpc) is 3.29. The summed E-state index contributed by atoms with van der Waals surface area (Å²) in [5.74, 6) is 0.385. The van der Waals surface area contributed by atoms with E-state index in [0.717, 1.165) is 33.5 Å². The lowest BCUT2D eigenvalue weighted by Crippen LogP contribution is -2.29. The normalized spacial score (nSPS) is 20.9. The van der Waals surface area contributed by atoms with Gasteiger partial charge in [-0.25, -0.2) is 4.79 Å². The van der Waals surface area contributed by atoms with Crippen LogP contribution < -0.4 is 10.1 Å². The van der Waals surface area contributed by atoms with Crippen molar-refractivity contribution >= 4 is 39.2 Å². The van der Waals surface area contributed by atoms with Crippen LogP contribution in [0.15, 0.2) is 77.3 Å². The lowest BCUT2D eigenvalue weighted by molar-refractivity contribution is 0.0696. The maximum Gasteiger partial charge on any atom is 0.335 e. The monoisotopic (exact) mass is 509 g/mol. The molecule has 0 amide bonds. The van der Waals surface area contributed by atoms with Gasteiger partial charge in [-0.15, -0.1) is 0 Å². The van der Waals surface area contributed by atoms with E-state index in [4.69, 9.17) is 16.3 Å². The number of benzene rings is 3. The van der Waals surface area contributed by atoms with Crippen molar-refractivity contribution in [3.8, 4) is 5.75 Å². The zero-order valence-corrected chi connectivity index (χ0v) is 19.4. The van der Waals surface area contributed by atoms with Gasteiger partial charge in [0.05, 0.1) is 17.3 Å². The van der Waals surface area contributed by atoms with E-state index in [0.29, 0.717) is 23.1 Å². The second-order valence-electron chi connectivity index (χ2n) is 8.15. The van der Waals surface area contributed by atoms with Gasteiger partial charge < -0.3 is 15.2 Å². The van der Waals surface area contributed by atoms with Gasteiger partial charge in [0.2, 0.25) is 0 Å². The van der Waals surface area contributed by atoms with E-state index in [9.17, 15) is 9.90 Å². The Morgan fingerprint density at radius 1 is 1.16 bits per heavy atom. The molecule has 0 radical (unpaired) electrons. The minimum atomic E-state index is -0.915. The van der Waals surface area contributed by atoms with Gasteiger partial charge in [0.1, 0.15) is 12.4 Å². The zero-order chi connectivity index (χ0) is 22.2. The van der Waals surface area contributed by atoms with Crippen molar-refractivity contribution in [1.29, 1.82) is 0 Å². The number of allylic oxidation sites excluding steroid dienone is 2. The van der Waals surface area contributed by atoms with Gasteiger partial charge in [0.15, 0.2) is 0 Å². The van der Waals surface area contributed by atoms with Gasteiger partial charge >= 0.3 is 5.97 Å². The Balaban J connectivity index is 1.38. The molecule has 0 bridgehead atoms. The van der Waals surface area contributed by atoms with Crippen molar-refractivity contribution in [2.45, 2.75) is 25.0 Å². The summed E-state index contributed by atoms with van der Waals surface area (Å²) >= 11 is 9.80. The second kappa shape index (κ2) is 8.64. The lowest BCUT2D eigenvalue weighted by atomic mass is 9.76. The van der Waals surface area contributed by atoms with Crippen molar-refractivity contribution in [1.82, 2.24) is 0 Å². The van der Waals surface area contributed by atoms with Crippen molar-refractivity contribution in [2.24, 2.45) is 5.92 Å². The summed E-state index contributed by atoms with van der Waals surface area (Å²) in [6, 6.07) is 19.4. The third kappa shape index (κ3) is 3.91. The highest BCUT2D eigenvalue weighted by atomic mass is 79.9. The number of hydrogen-bond acceptors (Lipinski definition) is 3. The standard InChI is InChI=1S/C26H21BrClNO3/c27-22-13-17(26(30)31)12-21-19-5-3-6-20(19)24(29-25(21)22)15-8-10-18(11-9-15)32-14-16-4-1-2-7-23(16)28/h1-5,7-13,19-20,24,29H,6,14H2,(H,30,31)/t19-,20-,24+/m0/s1. The number of ether oxygens (including phenoxy) is 1. The number of nitrogens with one attached hydrogen (secondary N) is 1. The number of fused-ring (bicyclic) bond motifs is 3. The fourth-order valence-corrected chi connectivity index (χ4v) is 5.44. The zero-order valence-electron chi connectivity index (χ0n) is 17.1. The first-order valence-electron chi connectivity index (χ1n) is 10.5. The maximum absolute atomic E-state index is 11.5. The molecule has 3 atom stereocenters. The van der Waals surface area contributed by atoms with Crippen molar-refractivity contribution in [3.63, 3.8) is 0 Å². The Morgan fingerprint density at radius 3 is 2.69 bits per heavy atom. The van der Waals surface area contributed by atoms with Gasteiger partial charge in [0, 0.05) is 21.0 Å². The van der Waals surface area contributed by atoms with Gasteiger partial charge in [-0.05, 0) is 69.7 Å². The van der Waals surface area contributed by atoms with Crippen molar-refractivity contribution in [2.75, 3.05) is 5.32 Å². The van der Waals surface area contributed by atoms with Gasteiger partial charge in [0.25, 0.3) is 0 Å². The molecule has 32 heavy (non-hydrogen) atoms. The summed E-state index contributed by atoms with van der Waals surface area (Å²) in [5, 5.41) is 13.8. The molecule has 4 nitrogen and oxygen atoms in total. The topological polar surface area (TPSA) is 58.6 Å². The van der Waals surface area contributed by atoms with Gasteiger partial charge in [-0.2, -0.15) is 0 Å². The molecule has 0 saturated carbocycles. The Morgan fingerprint density at radius 2 is 1.94 bits per heavy atom. The number of anilines is 1. The number of aromatic carboxylic acids is 1. The molecular formula is C26H21BrClNO3. The van der Waals surface area contributed by atoms with E-state index >= 15 is 0 Å². The molecule has 1 aliphatic heterocycles. The molecule has 1 heterocycles. The Labute approximate surface area is 200 Å². The highest BCUT2D eigenvalue weighted by Crippen LogP contribution is 2.52. The van der Waals surface area contributed by atoms with E-state index < -0.39 is 5.97 Å². The van der Waals surface area contributed by atoms with E-state index in [2.05, 4.69) is 45.5 Å². The van der Waals surface area contributed by atoms with E-state index in [1.54, 1.807) is 12.1 Å². The van der Waals surface area contributed by atoms with E-state index in [1.165, 1.54) is 5.56 Å². The predicted molar refractivity (Wildman–Crippen MR) is 130 cm³/mol. The van der Waals surface area contributed by atoms with E-state index in [-0.39, 0.29) is 12.0 Å². The van der Waals surface area contributed by atoms with Crippen LogP contribution in [0.5, 0.6) is 5.75 Å². The molecule has 0 aromatic heterocycles. The number of carboxylic acids is 1. The van der Waals surface area contributed by atoms with Crippen molar-refractivity contribution in [3.05, 3.63) is 105 Å². The minimum absolute atomic E-state index is 0.118. The molecule has 0 saturated heterocycles. The van der Waals surface area contributed by atoms with Crippen LogP contribution in [0.2, 0.25) is 5.02 Å². The van der Waals surface area contributed by atoms with Crippen LogP contribution >= 0.6 is 27.5 Å². The van der Waals surface area contributed by atoms with Crippen LogP contribution in [0.4, 0.5) is 5.69 Å². The fraction of sp³-hybridized carbons (Fsp3) is 0.192. The highest BCUT2D eigenvalue weighted by Gasteiger charge is 2.39. The van der Waals surface area contributed by atoms with Crippen LogP contribution in [0, 0.1) is 5.92 Å². The number of halogens is 2. The van der Waals surface area contributed by atoms with Crippen LogP contribution in [0.25, 0.3) is 0 Å². The summed E-state index contributed by atoms with van der Waals surface area (Å²) in [6.45, 7) is 0.418. The summed E-state index contributed by atoms with van der Waals surface area (Å²) in [6.07, 6.45) is 5.35. The van der Waals surface area contributed by atoms with Crippen LogP contribution in [0.3, 0.4) is 0 Å². The first-order chi connectivity index (χ1) is 15.5. The number of carboxylic acid groups (broad SMARTS) is 1. The quantitative estimate of drug-likeness (QED) is 0.356. The second-order valence-corrected chi connectivity index (χ2v) is 9.41. The minimum Gasteiger partial charge on any atom is -0.489 e. The molecule has 2 aliphatic rings. The molecule has 1 aliphatic carbocycles. The third-order valence-corrected chi connectivity index (χ3v) is 7.25. The van der Waals surface area contributed by atoms with Gasteiger partial charge in [-0.1, -0.05) is 54.1 Å². The number of rotatable bonds is 5. The maximum atomic E-state index is 11.5. The smallest absolute Gasteiger partial charge is 0.335 e. The first-order valence-corrected chi connectivity index (χ1v) is 11.6. The van der Waals surface area contributed by atoms with Crippen molar-refractivity contribution < 1.29 is 14.6 Å². The molecule has 6 heteroatoms. The molecule has 3 aromatic carbocycles. The molecular weight excluding hydrogens is 490 g/mol. The number of carbonyl (C=O) groups is 1. The average molecular weight is 511 g/mol. The predicted octanol–water partition coefficient (Wildman–Crippen LogP) is 7.21. The Hall–Kier alpha value is -2.76. The summed E-state index contributed by atoms with van der Waals surface area (Å²) < 4.78 is 6.71. The Bertz CT molecular complexity index is 1210. The van der Waals surface area contributed by atoms with Gasteiger partial charge in [-0.3, -0.25) is 0 Å². The SMILES string of the molecule is O=C(O)c1cc(Br)c2c(c1)[C@H]1C=CC[C@@H]1[C@@H](c1ccc(OCc3ccccc3Cl)cc1)N2. The Kier molecular flexibility index (Phi) is 5.70. The summed E-state index contributed by atoms with van der Waals surface area (Å²) in [4.78, 5) is 11.5. The van der Waals surface area contributed by atoms with Crippen LogP contribution in [-0.2, 0) is 6.61 Å². The third-order valence-electron chi connectivity index (χ3n) is 6.26. The van der Waals surface area contributed by atoms with Crippen LogP contribution in [0.1, 0.15) is 45.4 Å². The molecule has 0 spiro atoms. The summed E-state index contributed by atoms with van der Waals surface area (Å²) in [7, 11) is 0. The molecule has 162 valence electrons. The molecule has 2 N–H and O–H groups in total. The van der Waals surface area contributed by atoms with Crippen LogP contribution in [-0.4, -0.2) is 11.1 Å². The fourth-order valence-electron chi connectivity index (χ4n) is 4.66. The lowest BCUT2D eigenvalue weighted by Gasteiger charge is -2.38. The number of hydrogen-bond donors (Lipinski definition) is 2. The first kappa shape index (κ1) is 21.1. The highest BCUT2D eigenvalue weighted by molar-refractivity contribution is 9.10. The molecule has 5 rings (SSSR count).